The number of anilines is 1. The standard InChI is InChI=1S/C11H17N3O3S/c1-16-5-3-12-6-10(15)14-11-13-8-2-4-17-7-9(8)18-11/h12H,2-7H2,1H3,(H,13,14,15). The fourth-order valence-corrected chi connectivity index (χ4v) is 2.58. The topological polar surface area (TPSA) is 72.5 Å². The lowest BCUT2D eigenvalue weighted by Gasteiger charge is -2.08. The molecule has 0 unspecified atom stereocenters. The highest BCUT2D eigenvalue weighted by Crippen LogP contribution is 2.26. The first-order valence-electron chi connectivity index (χ1n) is 5.85. The minimum atomic E-state index is -0.0851. The number of carbonyl (C=O) groups is 1. The second-order valence-electron chi connectivity index (χ2n) is 3.91. The largest absolute Gasteiger partial charge is 0.383 e. The van der Waals surface area contributed by atoms with Gasteiger partial charge in [-0.15, -0.1) is 0 Å². The minimum absolute atomic E-state index is 0.0851. The van der Waals surface area contributed by atoms with E-state index in [1.165, 1.54) is 11.3 Å². The molecule has 1 aliphatic heterocycles. The molecule has 0 fully saturated rings. The molecule has 0 spiro atoms. The fraction of sp³-hybridized carbons (Fsp3) is 0.636. The van der Waals surface area contributed by atoms with Crippen LogP contribution in [0.4, 0.5) is 5.13 Å². The molecule has 0 aliphatic carbocycles. The molecule has 0 aromatic carbocycles. The van der Waals surface area contributed by atoms with Crippen molar-refractivity contribution in [2.75, 3.05) is 38.7 Å². The molecule has 1 aromatic rings. The number of aromatic nitrogens is 1. The summed E-state index contributed by atoms with van der Waals surface area (Å²) in [4.78, 5) is 17.1. The van der Waals surface area contributed by atoms with Gasteiger partial charge >= 0.3 is 0 Å². The molecule has 0 bridgehead atoms. The van der Waals surface area contributed by atoms with E-state index in [-0.39, 0.29) is 12.5 Å². The number of rotatable bonds is 6. The highest BCUT2D eigenvalue weighted by molar-refractivity contribution is 7.15. The number of methoxy groups -OCH3 is 1. The Labute approximate surface area is 110 Å². The molecule has 0 atom stereocenters. The maximum Gasteiger partial charge on any atom is 0.240 e. The number of nitrogens with one attached hydrogen (secondary N) is 2. The molecule has 2 N–H and O–H groups in total. The van der Waals surface area contributed by atoms with Gasteiger partial charge in [0.2, 0.25) is 5.91 Å². The van der Waals surface area contributed by atoms with Crippen LogP contribution in [-0.2, 0) is 27.3 Å². The molecule has 100 valence electrons. The molecule has 1 aromatic heterocycles. The van der Waals surface area contributed by atoms with E-state index in [0.29, 0.717) is 31.5 Å². The van der Waals surface area contributed by atoms with Gasteiger partial charge in [-0.05, 0) is 0 Å². The van der Waals surface area contributed by atoms with Gasteiger partial charge in [-0.3, -0.25) is 4.79 Å². The van der Waals surface area contributed by atoms with Crippen molar-refractivity contribution in [3.63, 3.8) is 0 Å². The Morgan fingerprint density at radius 1 is 1.61 bits per heavy atom. The lowest BCUT2D eigenvalue weighted by Crippen LogP contribution is -2.30. The van der Waals surface area contributed by atoms with Gasteiger partial charge in [0.15, 0.2) is 5.13 Å². The highest BCUT2D eigenvalue weighted by Gasteiger charge is 2.16. The molecule has 18 heavy (non-hydrogen) atoms. The van der Waals surface area contributed by atoms with Crippen molar-refractivity contribution in [1.82, 2.24) is 10.3 Å². The zero-order chi connectivity index (χ0) is 12.8. The predicted octanol–water partition coefficient (Wildman–Crippen LogP) is 0.390. The van der Waals surface area contributed by atoms with Crippen molar-refractivity contribution < 1.29 is 14.3 Å². The molecular formula is C11H17N3O3S. The van der Waals surface area contributed by atoms with Crippen LogP contribution >= 0.6 is 11.3 Å². The van der Waals surface area contributed by atoms with E-state index < -0.39 is 0 Å². The van der Waals surface area contributed by atoms with Crippen LogP contribution in [0.5, 0.6) is 0 Å². The Morgan fingerprint density at radius 2 is 2.50 bits per heavy atom. The average Bonchev–Trinajstić information content (AvgIpc) is 2.76. The van der Waals surface area contributed by atoms with Crippen LogP contribution in [0.3, 0.4) is 0 Å². The number of thiazole rings is 1. The normalized spacial score (nSPS) is 14.3. The lowest BCUT2D eigenvalue weighted by molar-refractivity contribution is -0.115. The summed E-state index contributed by atoms with van der Waals surface area (Å²) in [6, 6.07) is 0. The van der Waals surface area contributed by atoms with Crippen LogP contribution < -0.4 is 10.6 Å². The second kappa shape index (κ2) is 6.79. The number of ether oxygens (including phenoxy) is 2. The maximum absolute atomic E-state index is 11.6. The van der Waals surface area contributed by atoms with E-state index >= 15 is 0 Å². The van der Waals surface area contributed by atoms with Gasteiger partial charge in [0.1, 0.15) is 0 Å². The van der Waals surface area contributed by atoms with E-state index in [0.717, 1.165) is 17.0 Å². The SMILES string of the molecule is COCCNCC(=O)Nc1nc2c(s1)COCC2. The average molecular weight is 271 g/mol. The number of nitrogens with zero attached hydrogens (tertiary/aromatic N) is 1. The Balaban J connectivity index is 1.78. The quantitative estimate of drug-likeness (QED) is 0.732. The maximum atomic E-state index is 11.6. The van der Waals surface area contributed by atoms with Gasteiger partial charge in [0.05, 0.1) is 36.9 Å². The van der Waals surface area contributed by atoms with E-state index in [1.54, 1.807) is 7.11 Å². The third kappa shape index (κ3) is 3.74. The van der Waals surface area contributed by atoms with E-state index in [1.807, 2.05) is 0 Å². The van der Waals surface area contributed by atoms with E-state index in [2.05, 4.69) is 15.6 Å². The summed E-state index contributed by atoms with van der Waals surface area (Å²) in [6.45, 7) is 2.84. The number of fused-ring (bicyclic) bond motifs is 1. The monoisotopic (exact) mass is 271 g/mol. The lowest BCUT2D eigenvalue weighted by atomic mass is 10.2. The molecule has 1 amide bonds. The van der Waals surface area contributed by atoms with E-state index in [4.69, 9.17) is 9.47 Å². The third-order valence-corrected chi connectivity index (χ3v) is 3.50. The smallest absolute Gasteiger partial charge is 0.240 e. The Bertz CT molecular complexity index is 385. The first-order chi connectivity index (χ1) is 8.79. The zero-order valence-electron chi connectivity index (χ0n) is 10.3. The first-order valence-corrected chi connectivity index (χ1v) is 6.67. The highest BCUT2D eigenvalue weighted by atomic mass is 32.1. The number of carbonyl (C=O) groups excluding carboxylic acids is 1. The van der Waals surface area contributed by atoms with Gasteiger partial charge in [0.25, 0.3) is 0 Å². The molecule has 2 rings (SSSR count). The first kappa shape index (κ1) is 13.4. The molecule has 7 heteroatoms. The van der Waals surface area contributed by atoms with Gasteiger partial charge in [-0.25, -0.2) is 4.98 Å². The van der Waals surface area contributed by atoms with Crippen molar-refractivity contribution in [3.8, 4) is 0 Å². The van der Waals surface area contributed by atoms with Gasteiger partial charge < -0.3 is 20.1 Å². The minimum Gasteiger partial charge on any atom is -0.383 e. The summed E-state index contributed by atoms with van der Waals surface area (Å²) >= 11 is 1.49. The summed E-state index contributed by atoms with van der Waals surface area (Å²) in [6.07, 6.45) is 0.827. The van der Waals surface area contributed by atoms with Crippen molar-refractivity contribution in [3.05, 3.63) is 10.6 Å². The summed E-state index contributed by atoms with van der Waals surface area (Å²) in [5, 5.41) is 6.43. The zero-order valence-corrected chi connectivity index (χ0v) is 11.1. The summed E-state index contributed by atoms with van der Waals surface area (Å²) in [5.74, 6) is -0.0851. The fourth-order valence-electron chi connectivity index (χ4n) is 1.62. The van der Waals surface area contributed by atoms with Crippen LogP contribution in [0.25, 0.3) is 0 Å². The Kier molecular flexibility index (Phi) is 5.06. The predicted molar refractivity (Wildman–Crippen MR) is 68.8 cm³/mol. The summed E-state index contributed by atoms with van der Waals surface area (Å²) in [7, 11) is 1.63. The van der Waals surface area contributed by atoms with Gasteiger partial charge in [0, 0.05) is 20.1 Å². The number of amides is 1. The second-order valence-corrected chi connectivity index (χ2v) is 4.99. The molecule has 2 heterocycles. The Morgan fingerprint density at radius 3 is 3.28 bits per heavy atom. The van der Waals surface area contributed by atoms with E-state index in [9.17, 15) is 4.79 Å². The molecule has 6 nitrogen and oxygen atoms in total. The molecule has 0 saturated carbocycles. The van der Waals surface area contributed by atoms with Crippen LogP contribution in [-0.4, -0.2) is 44.3 Å². The van der Waals surface area contributed by atoms with Crippen molar-refractivity contribution in [2.45, 2.75) is 13.0 Å². The molecule has 1 aliphatic rings. The van der Waals surface area contributed by atoms with Gasteiger partial charge in [-0.2, -0.15) is 0 Å². The molecule has 0 radical (unpaired) electrons. The van der Waals surface area contributed by atoms with Crippen molar-refractivity contribution in [2.24, 2.45) is 0 Å². The van der Waals surface area contributed by atoms with Crippen LogP contribution in [0.15, 0.2) is 0 Å². The van der Waals surface area contributed by atoms with Crippen molar-refractivity contribution in [1.29, 1.82) is 0 Å². The third-order valence-electron chi connectivity index (χ3n) is 2.51. The number of hydrogen-bond donors (Lipinski definition) is 2. The van der Waals surface area contributed by atoms with Crippen molar-refractivity contribution >= 4 is 22.4 Å². The van der Waals surface area contributed by atoms with Crippen LogP contribution in [0.1, 0.15) is 10.6 Å². The summed E-state index contributed by atoms with van der Waals surface area (Å²) in [5.41, 5.74) is 1.05. The molecular weight excluding hydrogens is 254 g/mol. The van der Waals surface area contributed by atoms with Crippen LogP contribution in [0.2, 0.25) is 0 Å². The Hall–Kier alpha value is -1.02. The van der Waals surface area contributed by atoms with Crippen LogP contribution in [0, 0.1) is 0 Å². The van der Waals surface area contributed by atoms with Gasteiger partial charge in [-0.1, -0.05) is 11.3 Å². The summed E-state index contributed by atoms with van der Waals surface area (Å²) < 4.78 is 10.2. The number of hydrogen-bond acceptors (Lipinski definition) is 6. The molecule has 0 saturated heterocycles.